The van der Waals surface area contributed by atoms with Crippen molar-refractivity contribution in [2.45, 2.75) is 52.7 Å². The largest absolute Gasteiger partial charge is 0.459 e. The quantitative estimate of drug-likeness (QED) is 0.757. The van der Waals surface area contributed by atoms with Crippen molar-refractivity contribution in [2.24, 2.45) is 0 Å². The summed E-state index contributed by atoms with van der Waals surface area (Å²) in [6, 6.07) is 8.85. The van der Waals surface area contributed by atoms with Gasteiger partial charge in [-0.2, -0.15) is 0 Å². The highest BCUT2D eigenvalue weighted by molar-refractivity contribution is 6.02. The van der Waals surface area contributed by atoms with E-state index in [0.29, 0.717) is 12.2 Å². The van der Waals surface area contributed by atoms with Crippen molar-refractivity contribution in [3.8, 4) is 0 Å². The third-order valence-corrected chi connectivity index (χ3v) is 4.27. The fourth-order valence-corrected chi connectivity index (χ4v) is 2.89. The van der Waals surface area contributed by atoms with Crippen LogP contribution >= 0.6 is 0 Å². The molecule has 7 heteroatoms. The van der Waals surface area contributed by atoms with Crippen molar-refractivity contribution < 1.29 is 14.0 Å². The van der Waals surface area contributed by atoms with E-state index in [1.165, 1.54) is 6.26 Å². The van der Waals surface area contributed by atoms with Crippen LogP contribution in [0.2, 0.25) is 0 Å². The second kappa shape index (κ2) is 9.03. The normalized spacial score (nSPS) is 11.3. The summed E-state index contributed by atoms with van der Waals surface area (Å²) < 4.78 is 5.15. The number of hydrogen-bond donors (Lipinski definition) is 2. The summed E-state index contributed by atoms with van der Waals surface area (Å²) in [5.41, 5.74) is 2.24. The van der Waals surface area contributed by atoms with E-state index in [1.807, 2.05) is 71.8 Å². The van der Waals surface area contributed by atoms with Crippen LogP contribution in [-0.4, -0.2) is 42.5 Å². The molecule has 7 nitrogen and oxygen atoms in total. The first kappa shape index (κ1) is 22.3. The minimum Gasteiger partial charge on any atom is -0.459 e. The van der Waals surface area contributed by atoms with Crippen LogP contribution in [0.4, 0.5) is 16.2 Å². The fourth-order valence-electron chi connectivity index (χ4n) is 2.89. The van der Waals surface area contributed by atoms with Gasteiger partial charge in [0.2, 0.25) is 0 Å². The highest BCUT2D eigenvalue weighted by atomic mass is 16.3. The zero-order valence-electron chi connectivity index (χ0n) is 18.4. The van der Waals surface area contributed by atoms with Gasteiger partial charge >= 0.3 is 6.03 Å². The second-order valence-electron chi connectivity index (χ2n) is 8.57. The van der Waals surface area contributed by atoms with E-state index in [-0.39, 0.29) is 29.3 Å². The summed E-state index contributed by atoms with van der Waals surface area (Å²) in [5, 5.41) is 5.88. The van der Waals surface area contributed by atoms with Gasteiger partial charge in [-0.25, -0.2) is 4.79 Å². The number of anilines is 2. The van der Waals surface area contributed by atoms with Crippen molar-refractivity contribution >= 4 is 23.3 Å². The molecule has 0 aliphatic carbocycles. The lowest BCUT2D eigenvalue weighted by atomic mass is 10.1. The van der Waals surface area contributed by atoms with Crippen LogP contribution in [0.15, 0.2) is 41.0 Å². The summed E-state index contributed by atoms with van der Waals surface area (Å²) >= 11 is 0. The van der Waals surface area contributed by atoms with Crippen LogP contribution in [0.3, 0.4) is 0 Å². The Labute approximate surface area is 173 Å². The number of carbonyl (C=O) groups is 2. The van der Waals surface area contributed by atoms with Gasteiger partial charge in [0.05, 0.1) is 6.26 Å². The number of amides is 3. The molecular formula is C22H32N4O3. The number of hydrogen-bond acceptors (Lipinski definition) is 4. The lowest BCUT2D eigenvalue weighted by Gasteiger charge is -2.32. The predicted molar refractivity (Wildman–Crippen MR) is 116 cm³/mol. The summed E-state index contributed by atoms with van der Waals surface area (Å²) in [6.45, 7) is 10.3. The first-order valence-corrected chi connectivity index (χ1v) is 9.72. The maximum absolute atomic E-state index is 12.8. The lowest BCUT2D eigenvalue weighted by molar-refractivity contribution is 0.0996. The third kappa shape index (κ3) is 6.27. The average molecular weight is 401 g/mol. The van der Waals surface area contributed by atoms with E-state index in [4.69, 9.17) is 4.42 Å². The van der Waals surface area contributed by atoms with Crippen molar-refractivity contribution in [3.63, 3.8) is 0 Å². The Hall–Kier alpha value is -2.96. The van der Waals surface area contributed by atoms with Crippen molar-refractivity contribution in [1.29, 1.82) is 0 Å². The van der Waals surface area contributed by atoms with E-state index >= 15 is 0 Å². The van der Waals surface area contributed by atoms with Crippen molar-refractivity contribution in [3.05, 3.63) is 47.9 Å². The standard InChI is InChI=1S/C22H32N4O3/c1-15(2)26(21(28)24-22(3,4)5)14-16-13-17(10-11-18(16)25(6)7)23-20(27)19-9-8-12-29-19/h8-13,15H,14H2,1-7H3,(H,23,27)(H,24,28). The van der Waals surface area contributed by atoms with E-state index in [9.17, 15) is 9.59 Å². The number of rotatable bonds is 6. The molecule has 158 valence electrons. The topological polar surface area (TPSA) is 77.8 Å². The number of benzene rings is 1. The molecule has 2 rings (SSSR count). The Morgan fingerprint density at radius 1 is 1.14 bits per heavy atom. The highest BCUT2D eigenvalue weighted by Crippen LogP contribution is 2.26. The highest BCUT2D eigenvalue weighted by Gasteiger charge is 2.23. The molecule has 29 heavy (non-hydrogen) atoms. The molecule has 2 aromatic rings. The van der Waals surface area contributed by atoms with Gasteiger partial charge in [-0.1, -0.05) is 0 Å². The molecule has 0 bridgehead atoms. The summed E-state index contributed by atoms with van der Waals surface area (Å²) in [7, 11) is 3.91. The Morgan fingerprint density at radius 3 is 2.34 bits per heavy atom. The molecule has 0 saturated heterocycles. The monoisotopic (exact) mass is 400 g/mol. The Bertz CT molecular complexity index is 836. The molecule has 0 atom stereocenters. The summed E-state index contributed by atoms with van der Waals surface area (Å²) in [4.78, 5) is 28.9. The van der Waals surface area contributed by atoms with Gasteiger partial charge in [-0.15, -0.1) is 0 Å². The Morgan fingerprint density at radius 2 is 1.83 bits per heavy atom. The van der Waals surface area contributed by atoms with Gasteiger partial charge in [0.1, 0.15) is 0 Å². The molecule has 1 aromatic carbocycles. The number of nitrogens with one attached hydrogen (secondary N) is 2. The maximum Gasteiger partial charge on any atom is 0.318 e. The molecule has 1 heterocycles. The minimum absolute atomic E-state index is 0.00808. The molecule has 1 aromatic heterocycles. The zero-order valence-corrected chi connectivity index (χ0v) is 18.4. The molecule has 0 radical (unpaired) electrons. The number of nitrogens with zero attached hydrogens (tertiary/aromatic N) is 2. The molecule has 0 spiro atoms. The SMILES string of the molecule is CC(C)N(Cc1cc(NC(=O)c2ccco2)ccc1N(C)C)C(=O)NC(C)(C)C. The van der Waals surface area contributed by atoms with Gasteiger partial charge in [-0.3, -0.25) is 4.79 Å². The maximum atomic E-state index is 12.8. The van der Waals surface area contributed by atoms with Crippen LogP contribution in [-0.2, 0) is 6.54 Å². The van der Waals surface area contributed by atoms with Crippen molar-refractivity contribution in [1.82, 2.24) is 10.2 Å². The van der Waals surface area contributed by atoms with E-state index in [0.717, 1.165) is 11.3 Å². The molecule has 2 N–H and O–H groups in total. The minimum atomic E-state index is -0.326. The van der Waals surface area contributed by atoms with Crippen LogP contribution in [0.5, 0.6) is 0 Å². The molecule has 0 unspecified atom stereocenters. The first-order valence-electron chi connectivity index (χ1n) is 9.72. The molecule has 0 saturated carbocycles. The molecule has 0 aliphatic heterocycles. The van der Waals surface area contributed by atoms with E-state index < -0.39 is 0 Å². The first-order chi connectivity index (χ1) is 13.5. The molecular weight excluding hydrogens is 368 g/mol. The van der Waals surface area contributed by atoms with Gasteiger partial charge in [0.25, 0.3) is 5.91 Å². The van der Waals surface area contributed by atoms with Gasteiger partial charge < -0.3 is 24.9 Å². The van der Waals surface area contributed by atoms with E-state index in [1.54, 1.807) is 17.0 Å². The Balaban J connectivity index is 2.30. The number of urea groups is 1. The average Bonchev–Trinajstić information content (AvgIpc) is 3.12. The van der Waals surface area contributed by atoms with E-state index in [2.05, 4.69) is 10.6 Å². The predicted octanol–water partition coefficient (Wildman–Crippen LogP) is 4.32. The lowest BCUT2D eigenvalue weighted by Crippen LogP contribution is -2.50. The number of furan rings is 1. The van der Waals surface area contributed by atoms with Crippen LogP contribution < -0.4 is 15.5 Å². The van der Waals surface area contributed by atoms with Crippen LogP contribution in [0.25, 0.3) is 0 Å². The van der Waals surface area contributed by atoms with Gasteiger partial charge in [0, 0.05) is 43.6 Å². The van der Waals surface area contributed by atoms with Gasteiger partial charge in [0.15, 0.2) is 5.76 Å². The summed E-state index contributed by atoms with van der Waals surface area (Å²) in [6.07, 6.45) is 1.46. The van der Waals surface area contributed by atoms with Crippen molar-refractivity contribution in [2.75, 3.05) is 24.3 Å². The molecule has 3 amide bonds. The number of carbonyl (C=O) groups excluding carboxylic acids is 2. The summed E-state index contributed by atoms with van der Waals surface area (Å²) in [5.74, 6) is -0.0682. The second-order valence-corrected chi connectivity index (χ2v) is 8.57. The third-order valence-electron chi connectivity index (χ3n) is 4.27. The Kier molecular flexibility index (Phi) is 6.95. The molecule has 0 aliphatic rings. The fraction of sp³-hybridized carbons (Fsp3) is 0.455. The van der Waals surface area contributed by atoms with Gasteiger partial charge in [-0.05, 0) is 70.5 Å². The van der Waals surface area contributed by atoms with Crippen LogP contribution in [0, 0.1) is 0 Å². The smallest absolute Gasteiger partial charge is 0.318 e. The van der Waals surface area contributed by atoms with Crippen LogP contribution in [0.1, 0.15) is 50.7 Å². The zero-order chi connectivity index (χ0) is 21.8. The molecule has 0 fully saturated rings.